The van der Waals surface area contributed by atoms with Crippen LogP contribution >= 0.6 is 11.8 Å². The van der Waals surface area contributed by atoms with Crippen LogP contribution in [0.3, 0.4) is 0 Å². The van der Waals surface area contributed by atoms with E-state index in [-0.39, 0.29) is 5.91 Å². The van der Waals surface area contributed by atoms with Gasteiger partial charge in [-0.25, -0.2) is 9.97 Å². The summed E-state index contributed by atoms with van der Waals surface area (Å²) in [6, 6.07) is 15.4. The summed E-state index contributed by atoms with van der Waals surface area (Å²) in [5.41, 5.74) is 9.02. The van der Waals surface area contributed by atoms with Crippen LogP contribution in [-0.2, 0) is 10.5 Å². The summed E-state index contributed by atoms with van der Waals surface area (Å²) in [4.78, 5) is 44.4. The van der Waals surface area contributed by atoms with Crippen LogP contribution in [0.1, 0.15) is 44.6 Å². The van der Waals surface area contributed by atoms with Crippen molar-refractivity contribution in [2.45, 2.75) is 31.7 Å². The number of anilines is 1. The first-order valence-electron chi connectivity index (χ1n) is 9.82. The zero-order valence-corrected chi connectivity index (χ0v) is 18.7. The number of aromatic nitrogens is 2. The Bertz CT molecular complexity index is 1110. The van der Waals surface area contributed by atoms with Gasteiger partial charge in [0.1, 0.15) is 0 Å². The number of carbonyl (C=O) groups excluding carboxylic acids is 3. The number of thioether (sulfide) groups is 1. The molecule has 32 heavy (non-hydrogen) atoms. The number of amides is 3. The Hall–Kier alpha value is -3.72. The minimum atomic E-state index is -0.464. The van der Waals surface area contributed by atoms with Crippen LogP contribution in [0.25, 0.3) is 0 Å². The van der Waals surface area contributed by atoms with Crippen LogP contribution in [0.4, 0.5) is 5.69 Å². The number of nitrogens with one attached hydrogen (secondary N) is 3. The van der Waals surface area contributed by atoms with Crippen molar-refractivity contribution in [3.8, 4) is 0 Å². The number of hydrazine groups is 1. The van der Waals surface area contributed by atoms with Crippen molar-refractivity contribution in [1.82, 2.24) is 20.8 Å². The molecule has 1 heterocycles. The summed E-state index contributed by atoms with van der Waals surface area (Å²) in [5, 5.41) is 3.34. The van der Waals surface area contributed by atoms with E-state index in [1.807, 2.05) is 32.0 Å². The first kappa shape index (κ1) is 23.0. The van der Waals surface area contributed by atoms with Crippen molar-refractivity contribution < 1.29 is 14.4 Å². The third kappa shape index (κ3) is 6.64. The molecule has 0 atom stereocenters. The van der Waals surface area contributed by atoms with Gasteiger partial charge >= 0.3 is 0 Å². The topological polar surface area (TPSA) is 113 Å². The molecule has 0 saturated heterocycles. The van der Waals surface area contributed by atoms with E-state index in [2.05, 4.69) is 26.1 Å². The van der Waals surface area contributed by atoms with E-state index in [0.29, 0.717) is 22.6 Å². The van der Waals surface area contributed by atoms with Crippen LogP contribution in [-0.4, -0.2) is 27.7 Å². The quantitative estimate of drug-likeness (QED) is 0.302. The van der Waals surface area contributed by atoms with Gasteiger partial charge in [0.25, 0.3) is 11.8 Å². The lowest BCUT2D eigenvalue weighted by Gasteiger charge is -2.09. The maximum Gasteiger partial charge on any atom is 0.269 e. The van der Waals surface area contributed by atoms with Crippen molar-refractivity contribution in [1.29, 1.82) is 0 Å². The predicted molar refractivity (Wildman–Crippen MR) is 123 cm³/mol. The normalized spacial score (nSPS) is 10.3. The van der Waals surface area contributed by atoms with Crippen molar-refractivity contribution in [2.75, 3.05) is 5.32 Å². The molecular formula is C23H23N5O3S. The first-order valence-corrected chi connectivity index (χ1v) is 10.8. The van der Waals surface area contributed by atoms with Gasteiger partial charge in [0.05, 0.1) is 0 Å². The summed E-state index contributed by atoms with van der Waals surface area (Å²) in [7, 11) is 0. The molecule has 9 heteroatoms. The van der Waals surface area contributed by atoms with E-state index < -0.39 is 11.8 Å². The molecule has 0 saturated carbocycles. The SMILES string of the molecule is CC(=O)Nc1ccc(C(=O)NNC(=O)c2ccc(CSc3nc(C)cc(C)n3)cc2)cc1. The first-order chi connectivity index (χ1) is 15.3. The largest absolute Gasteiger partial charge is 0.326 e. The standard InChI is InChI=1S/C23H23N5O3S/c1-14-12-15(2)25-23(24-14)32-13-17-4-6-18(7-5-17)21(30)27-28-22(31)19-8-10-20(11-9-19)26-16(3)29/h4-12H,13H2,1-3H3,(H,26,29)(H,27,30)(H,28,31). The highest BCUT2D eigenvalue weighted by molar-refractivity contribution is 7.98. The molecule has 3 amide bonds. The molecule has 3 rings (SSSR count). The fourth-order valence-corrected chi connectivity index (χ4v) is 3.73. The van der Waals surface area contributed by atoms with E-state index in [0.717, 1.165) is 22.1 Å². The van der Waals surface area contributed by atoms with E-state index in [4.69, 9.17) is 0 Å². The molecule has 1 aromatic heterocycles. The second kappa shape index (κ2) is 10.5. The lowest BCUT2D eigenvalue weighted by molar-refractivity contribution is -0.114. The Kier molecular flexibility index (Phi) is 7.56. The van der Waals surface area contributed by atoms with Crippen LogP contribution in [0.15, 0.2) is 59.8 Å². The summed E-state index contributed by atoms with van der Waals surface area (Å²) >= 11 is 1.53. The molecule has 0 fully saturated rings. The Morgan fingerprint density at radius 2 is 1.31 bits per heavy atom. The van der Waals surface area contributed by atoms with Crippen molar-refractivity contribution >= 4 is 35.2 Å². The molecule has 0 spiro atoms. The second-order valence-electron chi connectivity index (χ2n) is 7.09. The molecule has 0 aliphatic carbocycles. The molecule has 0 unspecified atom stereocenters. The van der Waals surface area contributed by atoms with Gasteiger partial charge in [0.2, 0.25) is 5.91 Å². The van der Waals surface area contributed by atoms with Crippen LogP contribution < -0.4 is 16.2 Å². The third-order valence-electron chi connectivity index (χ3n) is 4.30. The molecule has 3 N–H and O–H groups in total. The maximum absolute atomic E-state index is 12.3. The molecule has 0 aliphatic rings. The number of aryl methyl sites for hydroxylation is 2. The van der Waals surface area contributed by atoms with Crippen molar-refractivity contribution in [3.05, 3.63) is 82.7 Å². The highest BCUT2D eigenvalue weighted by Crippen LogP contribution is 2.20. The zero-order valence-electron chi connectivity index (χ0n) is 17.9. The lowest BCUT2D eigenvalue weighted by Crippen LogP contribution is -2.41. The molecule has 8 nitrogen and oxygen atoms in total. The second-order valence-corrected chi connectivity index (χ2v) is 8.03. The number of nitrogens with zero attached hydrogens (tertiary/aromatic N) is 2. The number of rotatable bonds is 6. The van der Waals surface area contributed by atoms with Gasteiger partial charge in [0.15, 0.2) is 5.16 Å². The number of hydrogen-bond donors (Lipinski definition) is 3. The maximum atomic E-state index is 12.3. The van der Waals surface area contributed by atoms with Gasteiger partial charge in [-0.05, 0) is 61.9 Å². The molecule has 3 aromatic rings. The minimum absolute atomic E-state index is 0.197. The highest BCUT2D eigenvalue weighted by atomic mass is 32.2. The molecule has 0 aliphatic heterocycles. The fraction of sp³-hybridized carbons (Fsp3) is 0.174. The molecule has 164 valence electrons. The Morgan fingerprint density at radius 3 is 1.81 bits per heavy atom. The highest BCUT2D eigenvalue weighted by Gasteiger charge is 2.10. The van der Waals surface area contributed by atoms with E-state index in [9.17, 15) is 14.4 Å². The number of benzene rings is 2. The lowest BCUT2D eigenvalue weighted by atomic mass is 10.1. The van der Waals surface area contributed by atoms with Gasteiger partial charge < -0.3 is 5.32 Å². The van der Waals surface area contributed by atoms with E-state index in [1.54, 1.807) is 36.4 Å². The third-order valence-corrected chi connectivity index (χ3v) is 5.22. The summed E-state index contributed by atoms with van der Waals surface area (Å²) < 4.78 is 0. The summed E-state index contributed by atoms with van der Waals surface area (Å²) in [6.07, 6.45) is 0. The van der Waals surface area contributed by atoms with Crippen LogP contribution in [0.5, 0.6) is 0 Å². The molecule has 0 radical (unpaired) electrons. The summed E-state index contributed by atoms with van der Waals surface area (Å²) in [6.45, 7) is 5.28. The fourth-order valence-electron chi connectivity index (χ4n) is 2.82. The Morgan fingerprint density at radius 1 is 0.812 bits per heavy atom. The summed E-state index contributed by atoms with van der Waals surface area (Å²) in [5.74, 6) is -0.410. The van der Waals surface area contributed by atoms with Crippen LogP contribution in [0.2, 0.25) is 0 Å². The monoisotopic (exact) mass is 449 g/mol. The van der Waals surface area contributed by atoms with E-state index >= 15 is 0 Å². The predicted octanol–water partition coefficient (Wildman–Crippen LogP) is 3.42. The number of hydrogen-bond acceptors (Lipinski definition) is 6. The Labute approximate surface area is 190 Å². The van der Waals surface area contributed by atoms with Gasteiger partial charge in [-0.15, -0.1) is 0 Å². The van der Waals surface area contributed by atoms with Crippen LogP contribution in [0, 0.1) is 13.8 Å². The average molecular weight is 450 g/mol. The Balaban J connectivity index is 1.50. The zero-order chi connectivity index (χ0) is 23.1. The molecular weight excluding hydrogens is 426 g/mol. The molecule has 2 aromatic carbocycles. The van der Waals surface area contributed by atoms with Gasteiger partial charge in [-0.1, -0.05) is 23.9 Å². The molecule has 0 bridgehead atoms. The van der Waals surface area contributed by atoms with Crippen molar-refractivity contribution in [3.63, 3.8) is 0 Å². The van der Waals surface area contributed by atoms with Crippen molar-refractivity contribution in [2.24, 2.45) is 0 Å². The van der Waals surface area contributed by atoms with Gasteiger partial charge in [-0.3, -0.25) is 25.2 Å². The smallest absolute Gasteiger partial charge is 0.269 e. The average Bonchev–Trinajstić information content (AvgIpc) is 2.75. The van der Waals surface area contributed by atoms with Gasteiger partial charge in [-0.2, -0.15) is 0 Å². The van der Waals surface area contributed by atoms with Gasteiger partial charge in [0, 0.05) is 40.9 Å². The minimum Gasteiger partial charge on any atom is -0.326 e. The van der Waals surface area contributed by atoms with E-state index in [1.165, 1.54) is 18.7 Å². The number of carbonyl (C=O) groups is 3.